The molecule has 12 heteroatoms. The molecule has 1 N–H and O–H groups in total. The Morgan fingerprint density at radius 2 is 1.44 bits per heavy atom. The molecule has 3 nitrogen and oxygen atoms in total. The molecule has 0 aromatic carbocycles. The van der Waals surface area contributed by atoms with Gasteiger partial charge in [-0.25, -0.2) is 4.79 Å². The third-order valence-corrected chi connectivity index (χ3v) is 2.46. The number of alkyl halides is 9. The van der Waals surface area contributed by atoms with Gasteiger partial charge in [-0.3, -0.25) is 4.74 Å². The maximum atomic E-state index is 12.8. The quantitative estimate of drug-likeness (QED) is 0.437. The van der Waals surface area contributed by atoms with Crippen molar-refractivity contribution in [2.75, 3.05) is 4.43 Å². The molecule has 0 fully saturated rings. The molecule has 0 aliphatic rings. The number of carboxylic acids is 1. The first-order valence-electron chi connectivity index (χ1n) is 3.72. The van der Waals surface area contributed by atoms with Gasteiger partial charge >= 0.3 is 30.0 Å². The number of hydrogen-bond donors (Lipinski definition) is 1. The Kier molecular flexibility index (Phi) is 4.83. The summed E-state index contributed by atoms with van der Waals surface area (Å²) in [5, 5.41) is 7.87. The molecular formula is C6H3F8IO3. The SMILES string of the molecule is O=C(O)C(F)(OC(F)(F)C(F)(F)CI)C(F)(F)F. The summed E-state index contributed by atoms with van der Waals surface area (Å²) in [6, 6.07) is 0. The van der Waals surface area contributed by atoms with Crippen LogP contribution in [0.15, 0.2) is 0 Å². The van der Waals surface area contributed by atoms with Crippen molar-refractivity contribution in [3.63, 3.8) is 0 Å². The van der Waals surface area contributed by atoms with E-state index < -0.39 is 34.5 Å². The van der Waals surface area contributed by atoms with Crippen LogP contribution in [0.25, 0.3) is 0 Å². The maximum absolute atomic E-state index is 12.8. The van der Waals surface area contributed by atoms with E-state index in [4.69, 9.17) is 5.11 Å². The van der Waals surface area contributed by atoms with Gasteiger partial charge < -0.3 is 5.11 Å². The molecular weight excluding hydrogens is 399 g/mol. The number of ether oxygens (including phenoxy) is 1. The van der Waals surface area contributed by atoms with Crippen LogP contribution in [0.2, 0.25) is 0 Å². The van der Waals surface area contributed by atoms with Crippen LogP contribution >= 0.6 is 22.6 Å². The topological polar surface area (TPSA) is 46.5 Å². The Morgan fingerprint density at radius 3 is 1.67 bits per heavy atom. The van der Waals surface area contributed by atoms with E-state index in [1.165, 1.54) is 0 Å². The number of carboxylic acid groups (broad SMARTS) is 1. The molecule has 0 aliphatic heterocycles. The van der Waals surface area contributed by atoms with E-state index in [1.807, 2.05) is 0 Å². The second-order valence-corrected chi connectivity index (χ2v) is 3.62. The summed E-state index contributed by atoms with van der Waals surface area (Å²) in [5.41, 5.74) is 0. The molecule has 0 bridgehead atoms. The predicted octanol–water partition coefficient (Wildman–Crippen LogP) is 2.98. The van der Waals surface area contributed by atoms with E-state index >= 15 is 0 Å². The molecule has 0 radical (unpaired) electrons. The van der Waals surface area contributed by atoms with Gasteiger partial charge in [0.25, 0.3) is 0 Å². The second kappa shape index (κ2) is 4.94. The van der Waals surface area contributed by atoms with Crippen LogP contribution in [0.1, 0.15) is 0 Å². The fourth-order valence-electron chi connectivity index (χ4n) is 0.552. The van der Waals surface area contributed by atoms with Gasteiger partial charge in [0.05, 0.1) is 4.43 Å². The summed E-state index contributed by atoms with van der Waals surface area (Å²) in [7, 11) is 0. The molecule has 0 aromatic heterocycles. The zero-order valence-electron chi connectivity index (χ0n) is 7.87. The van der Waals surface area contributed by atoms with Gasteiger partial charge in [-0.2, -0.15) is 35.1 Å². The highest BCUT2D eigenvalue weighted by Crippen LogP contribution is 2.45. The molecule has 0 rings (SSSR count). The molecule has 0 amide bonds. The number of hydrogen-bond acceptors (Lipinski definition) is 2. The fraction of sp³-hybridized carbons (Fsp3) is 0.833. The summed E-state index contributed by atoms with van der Waals surface area (Å²) in [4.78, 5) is 9.96. The largest absolute Gasteiger partial charge is 0.477 e. The van der Waals surface area contributed by atoms with Crippen molar-refractivity contribution in [2.24, 2.45) is 0 Å². The predicted molar refractivity (Wildman–Crippen MR) is 47.4 cm³/mol. The van der Waals surface area contributed by atoms with Crippen molar-refractivity contribution in [1.82, 2.24) is 0 Å². The summed E-state index contributed by atoms with van der Waals surface area (Å²) < 4.78 is 99.3. The van der Waals surface area contributed by atoms with E-state index in [1.54, 1.807) is 0 Å². The van der Waals surface area contributed by atoms with E-state index in [0.717, 1.165) is 0 Å². The van der Waals surface area contributed by atoms with Gasteiger partial charge in [-0.1, -0.05) is 22.6 Å². The smallest absolute Gasteiger partial charge is 0.460 e. The molecule has 0 spiro atoms. The first-order chi connectivity index (χ1) is 7.71. The van der Waals surface area contributed by atoms with E-state index in [9.17, 15) is 39.9 Å². The average molecular weight is 402 g/mol. The highest BCUT2D eigenvalue weighted by Gasteiger charge is 2.72. The third-order valence-electron chi connectivity index (χ3n) is 1.50. The Balaban J connectivity index is 5.46. The minimum atomic E-state index is -6.45. The van der Waals surface area contributed by atoms with Crippen LogP contribution in [0.3, 0.4) is 0 Å². The first kappa shape index (κ1) is 17.6. The highest BCUT2D eigenvalue weighted by molar-refractivity contribution is 14.1. The van der Waals surface area contributed by atoms with Crippen molar-refractivity contribution in [2.45, 2.75) is 24.1 Å². The maximum Gasteiger partial charge on any atom is 0.460 e. The van der Waals surface area contributed by atoms with Gasteiger partial charge in [0.15, 0.2) is 0 Å². The van der Waals surface area contributed by atoms with Gasteiger partial charge in [-0.15, -0.1) is 0 Å². The first-order valence-corrected chi connectivity index (χ1v) is 5.24. The van der Waals surface area contributed by atoms with Gasteiger partial charge in [0.2, 0.25) is 0 Å². The molecule has 0 saturated heterocycles. The normalized spacial score (nSPS) is 17.4. The number of carbonyl (C=O) groups is 1. The van der Waals surface area contributed by atoms with Crippen molar-refractivity contribution >= 4 is 28.6 Å². The van der Waals surface area contributed by atoms with E-state index in [0.29, 0.717) is 22.6 Å². The third kappa shape index (κ3) is 3.13. The molecule has 18 heavy (non-hydrogen) atoms. The van der Waals surface area contributed by atoms with Crippen LogP contribution in [0.4, 0.5) is 35.1 Å². The Hall–Kier alpha value is -0.400. The van der Waals surface area contributed by atoms with E-state index in [-0.39, 0.29) is 0 Å². The molecule has 0 aliphatic carbocycles. The zero-order chi connectivity index (χ0) is 15.0. The number of rotatable bonds is 5. The van der Waals surface area contributed by atoms with Crippen molar-refractivity contribution in [1.29, 1.82) is 0 Å². The summed E-state index contributed by atoms with van der Waals surface area (Å²) >= 11 is 0.684. The van der Waals surface area contributed by atoms with Crippen LogP contribution in [-0.2, 0) is 9.53 Å². The lowest BCUT2D eigenvalue weighted by Crippen LogP contribution is -2.58. The van der Waals surface area contributed by atoms with Gasteiger partial charge in [-0.05, 0) is 0 Å². The molecule has 0 heterocycles. The zero-order valence-corrected chi connectivity index (χ0v) is 10.0. The summed E-state index contributed by atoms with van der Waals surface area (Å²) in [6.45, 7) is 0. The van der Waals surface area contributed by atoms with Crippen LogP contribution < -0.4 is 0 Å². The Morgan fingerprint density at radius 1 is 1.06 bits per heavy atom. The van der Waals surface area contributed by atoms with Crippen molar-refractivity contribution < 1.29 is 49.8 Å². The average Bonchev–Trinajstić information content (AvgIpc) is 2.14. The number of halogens is 9. The minimum Gasteiger partial charge on any atom is -0.477 e. The molecule has 1 atom stereocenters. The van der Waals surface area contributed by atoms with Crippen LogP contribution in [0.5, 0.6) is 0 Å². The lowest BCUT2D eigenvalue weighted by molar-refractivity contribution is -0.435. The molecule has 1 unspecified atom stereocenters. The summed E-state index contributed by atoms with van der Waals surface area (Å²) in [6.07, 6.45) is -12.4. The van der Waals surface area contributed by atoms with Crippen LogP contribution in [0, 0.1) is 0 Å². The van der Waals surface area contributed by atoms with Gasteiger partial charge in [0, 0.05) is 0 Å². The molecule has 0 aromatic rings. The molecule has 108 valence electrons. The van der Waals surface area contributed by atoms with Crippen LogP contribution in [-0.4, -0.2) is 39.6 Å². The highest BCUT2D eigenvalue weighted by atomic mass is 127. The monoisotopic (exact) mass is 402 g/mol. The lowest BCUT2D eigenvalue weighted by atomic mass is 10.3. The Labute approximate surface area is 107 Å². The van der Waals surface area contributed by atoms with E-state index in [2.05, 4.69) is 4.74 Å². The second-order valence-electron chi connectivity index (χ2n) is 2.86. The summed E-state index contributed by atoms with van der Waals surface area (Å²) in [5.74, 6) is -14.6. The molecule has 0 saturated carbocycles. The minimum absolute atomic E-state index is 0.684. The van der Waals surface area contributed by atoms with Gasteiger partial charge in [0.1, 0.15) is 0 Å². The number of aliphatic carboxylic acids is 1. The standard InChI is InChI=1S/C6H3F8IO3/c7-3(8,1-15)6(13,14)18-4(9,2(16)17)5(10,11)12/h1H2,(H,16,17). The fourth-order valence-corrected chi connectivity index (χ4v) is 0.996. The Bertz CT molecular complexity index is 329. The lowest BCUT2D eigenvalue weighted by Gasteiger charge is -2.31. The van der Waals surface area contributed by atoms with Crippen molar-refractivity contribution in [3.05, 3.63) is 0 Å². The van der Waals surface area contributed by atoms with Crippen molar-refractivity contribution in [3.8, 4) is 0 Å².